The lowest BCUT2D eigenvalue weighted by molar-refractivity contribution is -0.137. The number of carbonyl (C=O) groups excluding carboxylic acids is 1. The van der Waals surface area contributed by atoms with Crippen molar-refractivity contribution in [2.75, 3.05) is 12.4 Å². The van der Waals surface area contributed by atoms with Crippen LogP contribution < -0.4 is 15.4 Å². The van der Waals surface area contributed by atoms with Crippen LogP contribution in [0.2, 0.25) is 5.02 Å². The van der Waals surface area contributed by atoms with Gasteiger partial charge in [0.15, 0.2) is 0 Å². The van der Waals surface area contributed by atoms with Crippen molar-refractivity contribution in [3.8, 4) is 5.75 Å². The van der Waals surface area contributed by atoms with Crippen molar-refractivity contribution in [1.82, 2.24) is 10.3 Å². The van der Waals surface area contributed by atoms with Crippen LogP contribution in [0.1, 0.15) is 21.6 Å². The highest BCUT2D eigenvalue weighted by atomic mass is 35.5. The van der Waals surface area contributed by atoms with E-state index in [9.17, 15) is 18.0 Å². The Hall–Kier alpha value is -3.59. The van der Waals surface area contributed by atoms with E-state index in [-0.39, 0.29) is 18.1 Å². The lowest BCUT2D eigenvalue weighted by Gasteiger charge is -2.15. The summed E-state index contributed by atoms with van der Waals surface area (Å²) >= 11 is 6.06. The van der Waals surface area contributed by atoms with Crippen LogP contribution in [0.4, 0.5) is 18.9 Å². The molecular weight excluding hydrogens is 445 g/mol. The van der Waals surface area contributed by atoms with E-state index in [4.69, 9.17) is 16.3 Å². The molecule has 0 unspecified atom stereocenters. The predicted octanol–water partition coefficient (Wildman–Crippen LogP) is 5.16. The summed E-state index contributed by atoms with van der Waals surface area (Å²) in [7, 11) is 1.47. The van der Waals surface area contributed by atoms with Gasteiger partial charge in [-0.3, -0.25) is 15.1 Å². The molecule has 2 N–H and O–H groups in total. The molecule has 0 bridgehead atoms. The number of carbonyl (C=O) groups is 1. The lowest BCUT2D eigenvalue weighted by atomic mass is 10.1. The first-order valence-corrected chi connectivity index (χ1v) is 9.67. The zero-order valence-electron chi connectivity index (χ0n) is 16.8. The Kier molecular flexibility index (Phi) is 7.32. The number of benzene rings is 2. The second-order valence-corrected chi connectivity index (χ2v) is 6.92. The fourth-order valence-electron chi connectivity index (χ4n) is 2.66. The Morgan fingerprint density at radius 3 is 2.50 bits per heavy atom. The summed E-state index contributed by atoms with van der Waals surface area (Å²) in [5, 5.41) is 5.94. The molecule has 0 saturated carbocycles. The highest BCUT2D eigenvalue weighted by Gasteiger charge is 2.30. The maximum absolute atomic E-state index is 12.8. The molecule has 3 rings (SSSR count). The SMILES string of the molecule is COc1ccc(Cl)cc1NC(=NCc1ccccn1)NC(=O)c1ccc(C(F)(F)F)cc1. The molecule has 1 aromatic heterocycles. The molecule has 1 amide bonds. The number of halogens is 4. The van der Waals surface area contributed by atoms with Crippen molar-refractivity contribution >= 4 is 29.2 Å². The summed E-state index contributed by atoms with van der Waals surface area (Å²) in [4.78, 5) is 21.2. The first-order chi connectivity index (χ1) is 15.3. The number of hydrogen-bond acceptors (Lipinski definition) is 4. The second-order valence-electron chi connectivity index (χ2n) is 6.48. The number of methoxy groups -OCH3 is 1. The van der Waals surface area contributed by atoms with Crippen LogP contribution in [0.15, 0.2) is 71.9 Å². The third kappa shape index (κ3) is 6.21. The molecule has 0 saturated heterocycles. The van der Waals surface area contributed by atoms with Gasteiger partial charge >= 0.3 is 6.18 Å². The monoisotopic (exact) mass is 462 g/mol. The van der Waals surface area contributed by atoms with Crippen LogP contribution in [-0.2, 0) is 12.7 Å². The van der Waals surface area contributed by atoms with Gasteiger partial charge in [-0.1, -0.05) is 17.7 Å². The molecule has 3 aromatic rings. The number of aromatic nitrogens is 1. The van der Waals surface area contributed by atoms with E-state index in [1.165, 1.54) is 7.11 Å². The largest absolute Gasteiger partial charge is 0.495 e. The molecule has 10 heteroatoms. The number of aliphatic imine (C=N–C) groups is 1. The Labute approximate surface area is 187 Å². The minimum Gasteiger partial charge on any atom is -0.495 e. The summed E-state index contributed by atoms with van der Waals surface area (Å²) in [5.41, 5.74) is 0.268. The summed E-state index contributed by atoms with van der Waals surface area (Å²) in [6, 6.07) is 14.0. The van der Waals surface area contributed by atoms with E-state index in [0.717, 1.165) is 24.3 Å². The number of anilines is 1. The van der Waals surface area contributed by atoms with Gasteiger partial charge in [-0.2, -0.15) is 13.2 Å². The number of amides is 1. The molecule has 1 heterocycles. The molecule has 0 fully saturated rings. The van der Waals surface area contributed by atoms with Gasteiger partial charge in [0.05, 0.1) is 30.6 Å². The summed E-state index contributed by atoms with van der Waals surface area (Å²) in [6.07, 6.45) is -2.88. The Balaban J connectivity index is 1.85. The molecule has 6 nitrogen and oxygen atoms in total. The normalized spacial score (nSPS) is 11.7. The fourth-order valence-corrected chi connectivity index (χ4v) is 2.83. The van der Waals surface area contributed by atoms with E-state index < -0.39 is 17.6 Å². The highest BCUT2D eigenvalue weighted by molar-refractivity contribution is 6.31. The topological polar surface area (TPSA) is 75.6 Å². The number of hydrogen-bond donors (Lipinski definition) is 2. The molecule has 0 aliphatic carbocycles. The van der Waals surface area contributed by atoms with E-state index >= 15 is 0 Å². The van der Waals surface area contributed by atoms with Crippen LogP contribution >= 0.6 is 11.6 Å². The smallest absolute Gasteiger partial charge is 0.416 e. The molecule has 0 radical (unpaired) electrons. The Morgan fingerprint density at radius 2 is 1.88 bits per heavy atom. The minimum absolute atomic E-state index is 0.0309. The van der Waals surface area contributed by atoms with Gasteiger partial charge in [0.1, 0.15) is 5.75 Å². The molecule has 0 atom stereocenters. The molecular formula is C22H18ClF3N4O2. The molecule has 0 aliphatic rings. The average molecular weight is 463 g/mol. The van der Waals surface area contributed by atoms with Crippen LogP contribution in [0.25, 0.3) is 0 Å². The zero-order chi connectivity index (χ0) is 23.1. The van der Waals surface area contributed by atoms with Crippen LogP contribution in [0.5, 0.6) is 5.75 Å². The van der Waals surface area contributed by atoms with Crippen molar-refractivity contribution in [2.24, 2.45) is 4.99 Å². The summed E-state index contributed by atoms with van der Waals surface area (Å²) in [5.74, 6) is -0.156. The molecule has 32 heavy (non-hydrogen) atoms. The van der Waals surface area contributed by atoms with E-state index in [1.54, 1.807) is 42.6 Å². The standard InChI is InChI=1S/C22H18ClF3N4O2/c1-32-19-10-9-16(23)12-18(19)29-21(28-13-17-4-2-3-11-27-17)30-20(31)14-5-7-15(8-6-14)22(24,25)26/h2-12H,13H2,1H3,(H2,28,29,30,31). The van der Waals surface area contributed by atoms with Crippen molar-refractivity contribution < 1.29 is 22.7 Å². The first kappa shape index (κ1) is 23.1. The summed E-state index contributed by atoms with van der Waals surface area (Å²) in [6.45, 7) is 0.138. The third-order valence-corrected chi connectivity index (χ3v) is 4.48. The predicted molar refractivity (Wildman–Crippen MR) is 116 cm³/mol. The van der Waals surface area contributed by atoms with Gasteiger partial charge in [-0.25, -0.2) is 4.99 Å². The van der Waals surface area contributed by atoms with E-state index in [1.807, 2.05) is 0 Å². The molecule has 0 aliphatic heterocycles. The van der Waals surface area contributed by atoms with Gasteiger partial charge in [0, 0.05) is 16.8 Å². The third-order valence-electron chi connectivity index (χ3n) is 4.25. The quantitative estimate of drug-likeness (QED) is 0.405. The van der Waals surface area contributed by atoms with Gasteiger partial charge in [-0.05, 0) is 54.6 Å². The molecule has 2 aromatic carbocycles. The van der Waals surface area contributed by atoms with Gasteiger partial charge in [0.2, 0.25) is 5.96 Å². The highest BCUT2D eigenvalue weighted by Crippen LogP contribution is 2.29. The van der Waals surface area contributed by atoms with Crippen LogP contribution in [0.3, 0.4) is 0 Å². The maximum Gasteiger partial charge on any atom is 0.416 e. The number of nitrogens with zero attached hydrogens (tertiary/aromatic N) is 2. The minimum atomic E-state index is -4.49. The maximum atomic E-state index is 12.8. The van der Waals surface area contributed by atoms with Crippen LogP contribution in [0, 0.1) is 0 Å². The zero-order valence-corrected chi connectivity index (χ0v) is 17.5. The van der Waals surface area contributed by atoms with Crippen molar-refractivity contribution in [3.05, 3.63) is 88.7 Å². The molecule has 166 valence electrons. The van der Waals surface area contributed by atoms with E-state index in [0.29, 0.717) is 22.2 Å². The number of alkyl halides is 3. The average Bonchev–Trinajstić information content (AvgIpc) is 2.78. The van der Waals surface area contributed by atoms with Gasteiger partial charge < -0.3 is 10.1 Å². The number of rotatable bonds is 5. The lowest BCUT2D eigenvalue weighted by Crippen LogP contribution is -2.36. The van der Waals surface area contributed by atoms with Gasteiger partial charge in [0.25, 0.3) is 5.91 Å². The van der Waals surface area contributed by atoms with Crippen molar-refractivity contribution in [3.63, 3.8) is 0 Å². The number of ether oxygens (including phenoxy) is 1. The van der Waals surface area contributed by atoms with Gasteiger partial charge in [-0.15, -0.1) is 0 Å². The second kappa shape index (κ2) is 10.1. The number of guanidine groups is 1. The van der Waals surface area contributed by atoms with E-state index in [2.05, 4.69) is 20.6 Å². The Morgan fingerprint density at radius 1 is 1.12 bits per heavy atom. The number of pyridine rings is 1. The van der Waals surface area contributed by atoms with Crippen molar-refractivity contribution in [2.45, 2.75) is 12.7 Å². The summed E-state index contributed by atoms with van der Waals surface area (Å²) < 4.78 is 43.6. The van der Waals surface area contributed by atoms with Crippen molar-refractivity contribution in [1.29, 1.82) is 0 Å². The first-order valence-electron chi connectivity index (χ1n) is 9.30. The molecule has 0 spiro atoms. The fraction of sp³-hybridized carbons (Fsp3) is 0.136. The Bertz CT molecular complexity index is 1100. The van der Waals surface area contributed by atoms with Crippen LogP contribution in [-0.4, -0.2) is 24.0 Å². The number of nitrogens with one attached hydrogen (secondary N) is 2.